The number of hydrogen-bond acceptors (Lipinski definition) is 9. The van der Waals surface area contributed by atoms with Crippen molar-refractivity contribution >= 4 is 40.1 Å². The van der Waals surface area contributed by atoms with Crippen molar-refractivity contribution in [3.8, 4) is 11.6 Å². The molecule has 2 atom stereocenters. The van der Waals surface area contributed by atoms with Gasteiger partial charge in [0, 0.05) is 55.2 Å². The van der Waals surface area contributed by atoms with Crippen LogP contribution in [0.1, 0.15) is 29.5 Å². The second kappa shape index (κ2) is 11.7. The molecular weight excluding hydrogens is 512 g/mol. The third-order valence-electron chi connectivity index (χ3n) is 6.86. The van der Waals surface area contributed by atoms with E-state index in [9.17, 15) is 14.7 Å². The first-order valence-corrected chi connectivity index (χ1v) is 13.1. The zero-order valence-corrected chi connectivity index (χ0v) is 22.6. The second-order valence-corrected chi connectivity index (χ2v) is 9.91. The molecule has 1 saturated heterocycles. The summed E-state index contributed by atoms with van der Waals surface area (Å²) in [7, 11) is 1.58. The van der Waals surface area contributed by atoms with Gasteiger partial charge in [-0.3, -0.25) is 14.5 Å². The Labute approximate surface area is 231 Å². The van der Waals surface area contributed by atoms with Gasteiger partial charge < -0.3 is 30.2 Å². The normalized spacial score (nSPS) is 17.4. The number of aliphatic hydroxyl groups is 1. The minimum absolute atomic E-state index is 0.112. The fourth-order valence-corrected chi connectivity index (χ4v) is 4.82. The number of amides is 2. The van der Waals surface area contributed by atoms with E-state index >= 15 is 0 Å². The summed E-state index contributed by atoms with van der Waals surface area (Å²) >= 11 is 0. The van der Waals surface area contributed by atoms with Gasteiger partial charge in [0.15, 0.2) is 0 Å². The number of aliphatic hydroxyl groups excluding tert-OH is 1. The maximum Gasteiger partial charge on any atom is 0.255 e. The van der Waals surface area contributed by atoms with Gasteiger partial charge in [-0.2, -0.15) is 4.98 Å². The summed E-state index contributed by atoms with van der Waals surface area (Å²) in [5.41, 5.74) is 2.37. The number of carbonyl (C=O) groups is 2. The van der Waals surface area contributed by atoms with E-state index in [-0.39, 0.29) is 30.4 Å². The Kier molecular flexibility index (Phi) is 7.94. The van der Waals surface area contributed by atoms with Crippen LogP contribution in [0.2, 0.25) is 0 Å². The van der Waals surface area contributed by atoms with Crippen LogP contribution in [0.4, 0.5) is 17.3 Å². The van der Waals surface area contributed by atoms with E-state index in [4.69, 9.17) is 9.15 Å². The largest absolute Gasteiger partial charge is 0.460 e. The number of rotatable bonds is 8. The lowest BCUT2D eigenvalue weighted by atomic mass is 9.97. The number of piperidine rings is 1. The molecule has 2 amide bonds. The number of nitrogens with one attached hydrogen (secondary N) is 3. The fourth-order valence-electron chi connectivity index (χ4n) is 4.82. The maximum absolute atomic E-state index is 12.6. The molecule has 0 saturated carbocycles. The van der Waals surface area contributed by atoms with Gasteiger partial charge in [-0.1, -0.05) is 13.0 Å². The van der Waals surface area contributed by atoms with Gasteiger partial charge in [0.1, 0.15) is 17.1 Å². The monoisotopic (exact) mass is 544 g/mol. The highest BCUT2D eigenvalue weighted by atomic mass is 16.5. The van der Waals surface area contributed by atoms with Gasteiger partial charge in [0.05, 0.1) is 18.2 Å². The molecule has 1 aliphatic heterocycles. The summed E-state index contributed by atoms with van der Waals surface area (Å²) in [5.74, 6) is 1.48. The Morgan fingerprint density at radius 3 is 2.80 bits per heavy atom. The Morgan fingerprint density at radius 2 is 2.00 bits per heavy atom. The summed E-state index contributed by atoms with van der Waals surface area (Å²) in [6.07, 6.45) is 1.94. The number of aryl methyl sites for hydroxylation is 1. The molecule has 1 aliphatic rings. The number of anilines is 3. The Balaban J connectivity index is 1.22. The molecule has 2 aromatic carbocycles. The standard InChI is InChI=1S/C29H32N6O5/c1-17-15-35(12-10-23(17)36)16-25(37)32-19-5-4-6-20(13-19)33-29-31-11-9-26(34-29)40-21-7-8-22-24(14-21)39-18(2)27(22)28(38)30-3/h4-9,11,13-14,17,23,36H,10,12,15-16H2,1-3H3,(H,30,38)(H,32,37)(H,31,33,34). The van der Waals surface area contributed by atoms with Gasteiger partial charge in [-0.05, 0) is 49.6 Å². The predicted molar refractivity (Wildman–Crippen MR) is 151 cm³/mol. The van der Waals surface area contributed by atoms with Gasteiger partial charge >= 0.3 is 0 Å². The van der Waals surface area contributed by atoms with Crippen molar-refractivity contribution in [1.29, 1.82) is 0 Å². The van der Waals surface area contributed by atoms with Crippen LogP contribution in [-0.2, 0) is 4.79 Å². The first-order valence-electron chi connectivity index (χ1n) is 13.1. The number of ether oxygens (including phenoxy) is 1. The number of carbonyl (C=O) groups excluding carboxylic acids is 2. The topological polar surface area (TPSA) is 142 Å². The van der Waals surface area contributed by atoms with Crippen LogP contribution in [0.25, 0.3) is 11.0 Å². The van der Waals surface area contributed by atoms with Crippen LogP contribution in [-0.4, -0.2) is 64.6 Å². The zero-order valence-electron chi connectivity index (χ0n) is 22.6. The number of fused-ring (bicyclic) bond motifs is 1. The lowest BCUT2D eigenvalue weighted by Crippen LogP contribution is -2.45. The van der Waals surface area contributed by atoms with E-state index in [0.29, 0.717) is 70.8 Å². The minimum Gasteiger partial charge on any atom is -0.460 e. The van der Waals surface area contributed by atoms with E-state index in [2.05, 4.69) is 30.8 Å². The number of likely N-dealkylation sites (tertiary alicyclic amines) is 1. The summed E-state index contributed by atoms with van der Waals surface area (Å²) in [6.45, 7) is 5.40. The summed E-state index contributed by atoms with van der Waals surface area (Å²) < 4.78 is 11.7. The second-order valence-electron chi connectivity index (χ2n) is 9.91. The Hall–Kier alpha value is -4.48. The number of aromatic nitrogens is 2. The number of furan rings is 1. The smallest absolute Gasteiger partial charge is 0.255 e. The molecule has 11 nitrogen and oxygen atoms in total. The van der Waals surface area contributed by atoms with Gasteiger partial charge in [0.2, 0.25) is 17.7 Å². The van der Waals surface area contributed by atoms with Gasteiger partial charge in [-0.15, -0.1) is 0 Å². The predicted octanol–water partition coefficient (Wildman–Crippen LogP) is 4.07. The average Bonchev–Trinajstić information content (AvgIpc) is 3.25. The van der Waals surface area contributed by atoms with E-state index in [1.807, 2.05) is 25.1 Å². The fraction of sp³-hybridized carbons (Fsp3) is 0.310. The molecule has 11 heteroatoms. The number of hydrogen-bond donors (Lipinski definition) is 4. The van der Waals surface area contributed by atoms with Gasteiger partial charge in [0.25, 0.3) is 5.91 Å². The van der Waals surface area contributed by atoms with Crippen LogP contribution in [0, 0.1) is 12.8 Å². The molecule has 1 fully saturated rings. The Bertz CT molecular complexity index is 1540. The quantitative estimate of drug-likeness (QED) is 0.258. The lowest BCUT2D eigenvalue weighted by Gasteiger charge is -2.33. The van der Waals surface area contributed by atoms with Crippen molar-refractivity contribution in [3.05, 3.63) is 66.1 Å². The maximum atomic E-state index is 12.6. The lowest BCUT2D eigenvalue weighted by molar-refractivity contribution is -0.118. The molecule has 2 unspecified atom stereocenters. The van der Waals surface area contributed by atoms with Crippen molar-refractivity contribution in [2.75, 3.05) is 37.3 Å². The highest BCUT2D eigenvalue weighted by Crippen LogP contribution is 2.31. The van der Waals surface area contributed by atoms with Crippen LogP contribution in [0.5, 0.6) is 11.6 Å². The summed E-state index contributed by atoms with van der Waals surface area (Å²) in [6, 6.07) is 14.2. The molecule has 2 aromatic heterocycles. The highest BCUT2D eigenvalue weighted by Gasteiger charge is 2.25. The van der Waals surface area contributed by atoms with Crippen molar-refractivity contribution in [2.24, 2.45) is 5.92 Å². The van der Waals surface area contributed by atoms with E-state index < -0.39 is 0 Å². The molecule has 0 radical (unpaired) electrons. The first kappa shape index (κ1) is 27.1. The summed E-state index contributed by atoms with van der Waals surface area (Å²) in [5, 5.41) is 19.3. The third-order valence-corrected chi connectivity index (χ3v) is 6.86. The molecule has 0 aliphatic carbocycles. The molecule has 0 bridgehead atoms. The molecule has 4 N–H and O–H groups in total. The molecule has 0 spiro atoms. The van der Waals surface area contributed by atoms with Crippen molar-refractivity contribution in [3.63, 3.8) is 0 Å². The summed E-state index contributed by atoms with van der Waals surface area (Å²) in [4.78, 5) is 35.6. The van der Waals surface area contributed by atoms with Crippen LogP contribution in [0.15, 0.2) is 59.1 Å². The van der Waals surface area contributed by atoms with Crippen molar-refractivity contribution in [1.82, 2.24) is 20.2 Å². The zero-order chi connectivity index (χ0) is 28.2. The molecule has 3 heterocycles. The minimum atomic E-state index is -0.305. The molecule has 40 heavy (non-hydrogen) atoms. The van der Waals surface area contributed by atoms with Gasteiger partial charge in [-0.25, -0.2) is 4.98 Å². The van der Waals surface area contributed by atoms with Crippen LogP contribution >= 0.6 is 0 Å². The van der Waals surface area contributed by atoms with Crippen molar-refractivity contribution in [2.45, 2.75) is 26.4 Å². The Morgan fingerprint density at radius 1 is 1.18 bits per heavy atom. The molecule has 208 valence electrons. The first-order chi connectivity index (χ1) is 19.3. The van der Waals surface area contributed by atoms with Crippen LogP contribution < -0.4 is 20.7 Å². The molecule has 4 aromatic rings. The SMILES string of the molecule is CNC(=O)c1c(C)oc2cc(Oc3ccnc(Nc4cccc(NC(=O)CN5CCC(O)C(C)C5)c4)n3)ccc12. The molecule has 5 rings (SSSR count). The average molecular weight is 545 g/mol. The third kappa shape index (κ3) is 6.22. The number of nitrogens with zero attached hydrogens (tertiary/aromatic N) is 3. The van der Waals surface area contributed by atoms with E-state index in [0.717, 1.165) is 0 Å². The number of benzene rings is 2. The van der Waals surface area contributed by atoms with E-state index in [1.165, 1.54) is 0 Å². The van der Waals surface area contributed by atoms with Crippen LogP contribution in [0.3, 0.4) is 0 Å². The highest BCUT2D eigenvalue weighted by molar-refractivity contribution is 6.07. The van der Waals surface area contributed by atoms with Crippen molar-refractivity contribution < 1.29 is 23.8 Å². The molecular formula is C29H32N6O5. The van der Waals surface area contributed by atoms with E-state index in [1.54, 1.807) is 50.5 Å².